The van der Waals surface area contributed by atoms with Crippen molar-refractivity contribution in [2.45, 2.75) is 0 Å². The number of rotatable bonds is 0. The van der Waals surface area contributed by atoms with Gasteiger partial charge in [0.15, 0.2) is 0 Å². The minimum absolute atomic E-state index is 0. The van der Waals surface area contributed by atoms with E-state index in [1.165, 1.54) is 0 Å². The van der Waals surface area contributed by atoms with Crippen molar-refractivity contribution in [2.75, 3.05) is 0 Å². The second-order valence-corrected chi connectivity index (χ2v) is 0.402. The van der Waals surface area contributed by atoms with Crippen LogP contribution < -0.4 is 11.5 Å². The monoisotopic (exact) mass is 192 g/mol. The standard InChI is InChI=1S/CH4N2O.H2Te/c2-1(3)4;/h(H4,2,3,4);1H2. The van der Waals surface area contributed by atoms with Gasteiger partial charge in [0.05, 0.1) is 0 Å². The van der Waals surface area contributed by atoms with Crippen molar-refractivity contribution in [3.05, 3.63) is 0 Å². The summed E-state index contributed by atoms with van der Waals surface area (Å²) in [4.78, 5) is 9.00. The molecule has 0 atom stereocenters. The Morgan fingerprint density at radius 3 is 1.40 bits per heavy atom. The van der Waals surface area contributed by atoms with Crippen LogP contribution in [0.3, 0.4) is 0 Å². The first-order valence-electron chi connectivity index (χ1n) is 0.781. The van der Waals surface area contributed by atoms with E-state index in [-0.39, 0.29) is 23.7 Å². The molecule has 4 N–H and O–H groups in total. The minimum atomic E-state index is -0.833. The molecule has 2 amide bonds. The molecule has 0 aliphatic heterocycles. The average molecular weight is 190 g/mol. The first-order valence-corrected chi connectivity index (χ1v) is 0.781. The van der Waals surface area contributed by atoms with Gasteiger partial charge in [0.2, 0.25) is 0 Å². The van der Waals surface area contributed by atoms with Crippen LogP contribution in [-0.2, 0) is 0 Å². The van der Waals surface area contributed by atoms with Crippen molar-refractivity contribution in [3.8, 4) is 0 Å². The zero-order valence-corrected chi connectivity index (χ0v) is 5.42. The van der Waals surface area contributed by atoms with Gasteiger partial charge < -0.3 is 11.5 Å². The summed E-state index contributed by atoms with van der Waals surface area (Å²) < 4.78 is 0. The Balaban J connectivity index is 0. The Labute approximate surface area is 46.4 Å². The number of carbonyl (C=O) groups excluding carboxylic acids is 1. The second-order valence-electron chi connectivity index (χ2n) is 0.402. The van der Waals surface area contributed by atoms with Crippen LogP contribution in [0.1, 0.15) is 0 Å². The van der Waals surface area contributed by atoms with Crippen molar-refractivity contribution >= 4 is 29.7 Å². The van der Waals surface area contributed by atoms with Gasteiger partial charge in [-0.1, -0.05) is 0 Å². The number of hydrogen-bond donors (Lipinski definition) is 2. The van der Waals surface area contributed by atoms with E-state index in [4.69, 9.17) is 4.79 Å². The fourth-order valence-corrected chi connectivity index (χ4v) is 0. The molecule has 0 saturated heterocycles. The summed E-state index contributed by atoms with van der Waals surface area (Å²) in [7, 11) is 0. The Morgan fingerprint density at radius 1 is 1.40 bits per heavy atom. The quantitative estimate of drug-likeness (QED) is 0.430. The summed E-state index contributed by atoms with van der Waals surface area (Å²) in [6.07, 6.45) is 0. The predicted molar refractivity (Wildman–Crippen MR) is 22.3 cm³/mol. The van der Waals surface area contributed by atoms with Crippen LogP contribution in [0, 0.1) is 0 Å². The van der Waals surface area contributed by atoms with Crippen LogP contribution in [0.5, 0.6) is 0 Å². The van der Waals surface area contributed by atoms with Crippen LogP contribution in [0.15, 0.2) is 0 Å². The van der Waals surface area contributed by atoms with E-state index in [0.29, 0.717) is 0 Å². The third kappa shape index (κ3) is 4850. The molecular formula is CH6N2OTe. The molecular weight excluding hydrogens is 184 g/mol. The van der Waals surface area contributed by atoms with Crippen LogP contribution >= 0.6 is 0 Å². The molecule has 5 heavy (non-hydrogen) atoms. The molecule has 0 aromatic carbocycles. The molecule has 0 unspecified atom stereocenters. The Kier molecular flexibility index (Phi) is 7.23. The average Bonchev–Trinajstić information content (AvgIpc) is 0.811. The normalized spacial score (nSPS) is 4.80. The maximum absolute atomic E-state index is 9.00. The number of carbonyl (C=O) groups is 1. The molecule has 0 fully saturated rings. The van der Waals surface area contributed by atoms with E-state index >= 15 is 0 Å². The number of nitrogens with two attached hydrogens (primary N) is 2. The molecule has 0 heterocycles. The van der Waals surface area contributed by atoms with Gasteiger partial charge in [0, 0.05) is 0 Å². The summed E-state index contributed by atoms with van der Waals surface area (Å²) in [5, 5.41) is 0. The van der Waals surface area contributed by atoms with E-state index in [0.717, 1.165) is 0 Å². The molecule has 0 aromatic rings. The second kappa shape index (κ2) is 4.06. The van der Waals surface area contributed by atoms with Crippen molar-refractivity contribution in [2.24, 2.45) is 11.5 Å². The van der Waals surface area contributed by atoms with Crippen molar-refractivity contribution < 1.29 is 4.79 Å². The first kappa shape index (κ1) is 8.91. The van der Waals surface area contributed by atoms with Gasteiger partial charge >= 0.3 is 29.7 Å². The van der Waals surface area contributed by atoms with E-state index in [9.17, 15) is 0 Å². The van der Waals surface area contributed by atoms with E-state index in [2.05, 4.69) is 11.5 Å². The molecule has 0 aromatic heterocycles. The summed E-state index contributed by atoms with van der Waals surface area (Å²) in [6.45, 7) is 0. The van der Waals surface area contributed by atoms with Gasteiger partial charge in [-0.2, -0.15) is 0 Å². The number of primary amides is 2. The zero-order chi connectivity index (χ0) is 3.58. The van der Waals surface area contributed by atoms with Gasteiger partial charge in [-0.25, -0.2) is 4.79 Å². The molecule has 0 bridgehead atoms. The van der Waals surface area contributed by atoms with E-state index in [1.807, 2.05) is 0 Å². The topological polar surface area (TPSA) is 69.1 Å². The molecule has 4 heteroatoms. The maximum atomic E-state index is 9.00. The molecule has 0 aliphatic rings. The summed E-state index contributed by atoms with van der Waals surface area (Å²) in [6, 6.07) is -0.833. The fraction of sp³-hybridized carbons (Fsp3) is 0. The summed E-state index contributed by atoms with van der Waals surface area (Å²) >= 11 is 0. The Morgan fingerprint density at radius 2 is 1.40 bits per heavy atom. The summed E-state index contributed by atoms with van der Waals surface area (Å²) in [5.74, 6) is 0. The molecule has 0 aliphatic carbocycles. The van der Waals surface area contributed by atoms with Gasteiger partial charge in [0.25, 0.3) is 0 Å². The SMILES string of the molecule is NC(N)=O.[TeH2]. The zero-order valence-electron chi connectivity index (χ0n) is 2.56. The molecule has 0 saturated carbocycles. The van der Waals surface area contributed by atoms with Crippen molar-refractivity contribution in [1.29, 1.82) is 0 Å². The number of urea groups is 1. The third-order valence-corrected chi connectivity index (χ3v) is 0. The van der Waals surface area contributed by atoms with Gasteiger partial charge in [-0.05, 0) is 0 Å². The van der Waals surface area contributed by atoms with Gasteiger partial charge in [-0.15, -0.1) is 0 Å². The number of amides is 2. The Bertz CT molecular complexity index is 32.6. The van der Waals surface area contributed by atoms with E-state index in [1.54, 1.807) is 0 Å². The first-order chi connectivity index (χ1) is 1.73. The van der Waals surface area contributed by atoms with Crippen molar-refractivity contribution in [1.82, 2.24) is 0 Å². The molecule has 0 rings (SSSR count). The van der Waals surface area contributed by atoms with Crippen LogP contribution in [0.25, 0.3) is 0 Å². The molecule has 0 spiro atoms. The predicted octanol–water partition coefficient (Wildman–Crippen LogP) is -1.89. The number of hydrogen-bond acceptors (Lipinski definition) is 1. The van der Waals surface area contributed by atoms with Gasteiger partial charge in [0.1, 0.15) is 0 Å². The van der Waals surface area contributed by atoms with Gasteiger partial charge in [-0.3, -0.25) is 0 Å². The van der Waals surface area contributed by atoms with Crippen LogP contribution in [0.4, 0.5) is 4.79 Å². The third-order valence-electron chi connectivity index (χ3n) is 0. The summed E-state index contributed by atoms with van der Waals surface area (Å²) in [5.41, 5.74) is 8.50. The molecule has 32 valence electrons. The van der Waals surface area contributed by atoms with Crippen molar-refractivity contribution in [3.63, 3.8) is 0 Å². The van der Waals surface area contributed by atoms with Crippen LogP contribution in [0.2, 0.25) is 0 Å². The van der Waals surface area contributed by atoms with E-state index < -0.39 is 6.03 Å². The fourth-order valence-electron chi connectivity index (χ4n) is 0. The Hall–Kier alpha value is 0.0596. The molecule has 0 radical (unpaired) electrons. The molecule has 3 nitrogen and oxygen atoms in total. The van der Waals surface area contributed by atoms with Crippen LogP contribution in [-0.4, -0.2) is 29.7 Å².